The van der Waals surface area contributed by atoms with Gasteiger partial charge in [-0.05, 0) is 48.8 Å². The summed E-state index contributed by atoms with van der Waals surface area (Å²) in [6.45, 7) is 8.02. The van der Waals surface area contributed by atoms with E-state index in [4.69, 9.17) is 4.74 Å². The lowest BCUT2D eigenvalue weighted by molar-refractivity contribution is -0.734. The van der Waals surface area contributed by atoms with Crippen LogP contribution >= 0.6 is 15.9 Å². The molecule has 2 atom stereocenters. The number of hydrogen-bond acceptors (Lipinski definition) is 4. The van der Waals surface area contributed by atoms with Gasteiger partial charge in [0.1, 0.15) is 23.9 Å². The topological polar surface area (TPSA) is 66.6 Å². The number of fused-ring (bicyclic) bond motifs is 1. The normalized spacial score (nSPS) is 18.0. The van der Waals surface area contributed by atoms with Crippen LogP contribution in [-0.4, -0.2) is 53.8 Å². The molecule has 6 nitrogen and oxygen atoms in total. The molecule has 1 aromatic rings. The van der Waals surface area contributed by atoms with Crippen LogP contribution in [0.3, 0.4) is 0 Å². The van der Waals surface area contributed by atoms with Crippen molar-refractivity contribution in [2.45, 2.75) is 39.4 Å². The predicted octanol–water partition coefficient (Wildman–Crippen LogP) is 2.26. The number of nitrogens with zero attached hydrogens (tertiary/aromatic N) is 2. The minimum atomic E-state index is -0.694. The summed E-state index contributed by atoms with van der Waals surface area (Å²) >= 11 is 3.55. The lowest BCUT2D eigenvalue weighted by Crippen LogP contribution is -3.10. The monoisotopic (exact) mass is 398 g/mol. The lowest BCUT2D eigenvalue weighted by Gasteiger charge is -2.26. The minimum absolute atomic E-state index is 0.200. The van der Waals surface area contributed by atoms with Crippen molar-refractivity contribution in [2.75, 3.05) is 20.1 Å². The van der Waals surface area contributed by atoms with Crippen LogP contribution in [0.4, 0.5) is 16.2 Å². The Morgan fingerprint density at radius 3 is 2.75 bits per heavy atom. The number of nitrogens with one attached hydrogen (secondary N) is 1. The Kier molecular flexibility index (Phi) is 5.67. The zero-order chi connectivity index (χ0) is 18.1. The molecular weight excluding hydrogens is 374 g/mol. The second-order valence-electron chi connectivity index (χ2n) is 7.03. The number of quaternary nitrogens is 1. The standard InChI is InChI=1S/C17H24BrN3O3/c1-11-19-14-8-6-7-13(18)15(14)21(11)10-12(22)9-20(5)16(23)24-17(2,3)4/h6-8,12,22H,9-10H2,1-5H3/p+1. The van der Waals surface area contributed by atoms with Gasteiger partial charge in [0.15, 0.2) is 5.69 Å². The van der Waals surface area contributed by atoms with Crippen molar-refractivity contribution in [3.63, 3.8) is 0 Å². The number of halogens is 1. The zero-order valence-corrected chi connectivity index (χ0v) is 16.3. The van der Waals surface area contributed by atoms with E-state index in [1.807, 2.05) is 45.9 Å². The number of amidine groups is 1. The number of carbonyl (C=O) groups is 1. The van der Waals surface area contributed by atoms with Crippen molar-refractivity contribution in [1.29, 1.82) is 0 Å². The molecule has 2 N–H and O–H groups in total. The quantitative estimate of drug-likeness (QED) is 0.817. The Balaban J connectivity index is 2.00. The van der Waals surface area contributed by atoms with Gasteiger partial charge >= 0.3 is 6.09 Å². The van der Waals surface area contributed by atoms with Gasteiger partial charge in [-0.3, -0.25) is 4.90 Å². The fraction of sp³-hybridized carbons (Fsp3) is 0.529. The van der Waals surface area contributed by atoms with Crippen LogP contribution in [0.1, 0.15) is 27.7 Å². The van der Waals surface area contributed by atoms with Gasteiger partial charge in [0.05, 0.1) is 11.0 Å². The summed E-state index contributed by atoms with van der Waals surface area (Å²) < 4.78 is 6.27. The van der Waals surface area contributed by atoms with E-state index >= 15 is 0 Å². The molecule has 24 heavy (non-hydrogen) atoms. The Morgan fingerprint density at radius 2 is 2.12 bits per heavy atom. The molecule has 1 aliphatic heterocycles. The Labute approximate surface area is 151 Å². The summed E-state index contributed by atoms with van der Waals surface area (Å²) in [7, 11) is 1.63. The molecule has 1 aromatic carbocycles. The third kappa shape index (κ3) is 4.55. The molecule has 0 radical (unpaired) electrons. The van der Waals surface area contributed by atoms with Crippen molar-refractivity contribution in [2.24, 2.45) is 4.99 Å². The first-order chi connectivity index (χ1) is 11.1. The number of ether oxygens (including phenoxy) is 1. The van der Waals surface area contributed by atoms with Crippen molar-refractivity contribution >= 4 is 39.2 Å². The first-order valence-electron chi connectivity index (χ1n) is 7.91. The van der Waals surface area contributed by atoms with Gasteiger partial charge in [0.25, 0.3) is 0 Å². The number of benzene rings is 1. The number of carbonyl (C=O) groups excluding carboxylic acids is 1. The third-order valence-corrected chi connectivity index (χ3v) is 4.31. The van der Waals surface area contributed by atoms with E-state index in [0.29, 0.717) is 6.54 Å². The second-order valence-corrected chi connectivity index (χ2v) is 7.88. The van der Waals surface area contributed by atoms with E-state index in [0.717, 1.165) is 26.6 Å². The second kappa shape index (κ2) is 7.21. The highest BCUT2D eigenvalue weighted by molar-refractivity contribution is 9.10. The molecule has 0 saturated carbocycles. The van der Waals surface area contributed by atoms with Gasteiger partial charge in [-0.15, -0.1) is 0 Å². The van der Waals surface area contributed by atoms with Crippen molar-refractivity contribution in [1.82, 2.24) is 4.90 Å². The van der Waals surface area contributed by atoms with Crippen molar-refractivity contribution < 1.29 is 19.5 Å². The highest BCUT2D eigenvalue weighted by atomic mass is 79.9. The fourth-order valence-electron chi connectivity index (χ4n) is 2.61. The van der Waals surface area contributed by atoms with Gasteiger partial charge in [-0.2, -0.15) is 4.99 Å². The molecule has 2 rings (SSSR count). The summed E-state index contributed by atoms with van der Waals surface area (Å²) in [6.07, 6.45) is -1.13. The number of aliphatic hydroxyl groups is 1. The number of aliphatic hydroxyl groups excluding tert-OH is 1. The molecule has 132 valence electrons. The van der Waals surface area contributed by atoms with Crippen LogP contribution in [0.2, 0.25) is 0 Å². The van der Waals surface area contributed by atoms with Crippen LogP contribution in [0, 0.1) is 0 Å². The molecule has 1 amide bonds. The Hall–Kier alpha value is -1.44. The van der Waals surface area contributed by atoms with Gasteiger partial charge in [0, 0.05) is 14.0 Å². The number of likely N-dealkylation sites (N-methyl/N-ethyl adjacent to an activating group) is 1. The molecule has 1 heterocycles. The largest absolute Gasteiger partial charge is 0.444 e. The molecule has 0 bridgehead atoms. The van der Waals surface area contributed by atoms with Crippen LogP contribution in [-0.2, 0) is 4.74 Å². The Morgan fingerprint density at radius 1 is 1.46 bits per heavy atom. The average Bonchev–Trinajstić information content (AvgIpc) is 2.74. The number of aliphatic imine (C=N–C) groups is 1. The zero-order valence-electron chi connectivity index (χ0n) is 14.8. The number of amides is 1. The first-order valence-corrected chi connectivity index (χ1v) is 8.70. The predicted molar refractivity (Wildman–Crippen MR) is 97.3 cm³/mol. The molecule has 0 spiro atoms. The van der Waals surface area contributed by atoms with E-state index in [1.54, 1.807) is 7.05 Å². The van der Waals surface area contributed by atoms with Crippen LogP contribution in [0.15, 0.2) is 27.7 Å². The number of hydrogen-bond donors (Lipinski definition) is 2. The van der Waals surface area contributed by atoms with Crippen molar-refractivity contribution in [3.8, 4) is 0 Å². The average molecular weight is 399 g/mol. The fourth-order valence-corrected chi connectivity index (χ4v) is 3.21. The summed E-state index contributed by atoms with van der Waals surface area (Å²) in [5.41, 5.74) is 1.38. The SMILES string of the molecule is CC1=Nc2cccc(Br)c2[NH+]1CC(O)CN(C)C(=O)OC(C)(C)C. The maximum Gasteiger partial charge on any atom is 0.410 e. The van der Waals surface area contributed by atoms with Gasteiger partial charge in [-0.1, -0.05) is 6.07 Å². The van der Waals surface area contributed by atoms with Crippen LogP contribution in [0.25, 0.3) is 0 Å². The third-order valence-electron chi connectivity index (χ3n) is 3.65. The molecule has 0 fully saturated rings. The highest BCUT2D eigenvalue weighted by Gasteiger charge is 2.32. The summed E-state index contributed by atoms with van der Waals surface area (Å²) in [6, 6.07) is 5.86. The van der Waals surface area contributed by atoms with E-state index in [1.165, 1.54) is 4.90 Å². The maximum absolute atomic E-state index is 12.0. The lowest BCUT2D eigenvalue weighted by atomic mass is 10.2. The van der Waals surface area contributed by atoms with Gasteiger partial charge in [0.2, 0.25) is 5.84 Å². The van der Waals surface area contributed by atoms with E-state index in [9.17, 15) is 9.90 Å². The van der Waals surface area contributed by atoms with Gasteiger partial charge < -0.3 is 14.7 Å². The van der Waals surface area contributed by atoms with E-state index in [2.05, 4.69) is 20.9 Å². The van der Waals surface area contributed by atoms with E-state index in [-0.39, 0.29) is 6.54 Å². The summed E-state index contributed by atoms with van der Waals surface area (Å²) in [5, 5.41) is 10.4. The van der Waals surface area contributed by atoms with Gasteiger partial charge in [-0.25, -0.2) is 4.79 Å². The molecular formula is C17H25BrN3O3+. The minimum Gasteiger partial charge on any atom is -0.444 e. The summed E-state index contributed by atoms with van der Waals surface area (Å²) in [4.78, 5) is 19.0. The molecule has 2 unspecified atom stereocenters. The first kappa shape index (κ1) is 18.9. The number of rotatable bonds is 4. The maximum atomic E-state index is 12.0. The molecule has 1 aliphatic rings. The molecule has 0 saturated heterocycles. The Bertz CT molecular complexity index is 655. The number of para-hydroxylation sites is 1. The van der Waals surface area contributed by atoms with Crippen molar-refractivity contribution in [3.05, 3.63) is 22.7 Å². The highest BCUT2D eigenvalue weighted by Crippen LogP contribution is 2.32. The summed E-state index contributed by atoms with van der Waals surface area (Å²) in [5.74, 6) is 0.899. The smallest absolute Gasteiger partial charge is 0.410 e. The molecule has 7 heteroatoms. The van der Waals surface area contributed by atoms with E-state index < -0.39 is 17.8 Å². The van der Waals surface area contributed by atoms with Crippen LogP contribution < -0.4 is 4.90 Å². The van der Waals surface area contributed by atoms with Crippen LogP contribution in [0.5, 0.6) is 0 Å². The molecule has 0 aromatic heterocycles. The molecule has 0 aliphatic carbocycles.